The van der Waals surface area contributed by atoms with E-state index in [1.165, 1.54) is 6.07 Å². The van der Waals surface area contributed by atoms with E-state index in [0.29, 0.717) is 5.69 Å². The number of hydrogen-bond donors (Lipinski definition) is 2. The largest absolute Gasteiger partial charge is 0.346 e. The molecule has 38 heavy (non-hydrogen) atoms. The third-order valence-electron chi connectivity index (χ3n) is 7.63. The van der Waals surface area contributed by atoms with Gasteiger partial charge in [-0.2, -0.15) is 0 Å². The number of anilines is 1. The third-order valence-corrected chi connectivity index (χ3v) is 7.63. The van der Waals surface area contributed by atoms with Crippen LogP contribution < -0.4 is 10.6 Å². The molecule has 2 aliphatic rings. The van der Waals surface area contributed by atoms with Gasteiger partial charge in [0.1, 0.15) is 28.8 Å². The maximum Gasteiger partial charge on any atom is 0.274 e. The van der Waals surface area contributed by atoms with E-state index in [4.69, 9.17) is 0 Å². The molecule has 2 amide bonds. The van der Waals surface area contributed by atoms with Crippen molar-refractivity contribution in [1.29, 1.82) is 0 Å². The molecule has 2 aromatic carbocycles. The van der Waals surface area contributed by atoms with E-state index in [0.717, 1.165) is 75.0 Å². The number of likely N-dealkylation sites (tertiary alicyclic amines) is 1. The molecule has 0 radical (unpaired) electrons. The van der Waals surface area contributed by atoms with E-state index in [2.05, 4.69) is 27.6 Å². The van der Waals surface area contributed by atoms with Gasteiger partial charge in [0.25, 0.3) is 5.91 Å². The first kappa shape index (κ1) is 25.9. The molecule has 198 valence electrons. The van der Waals surface area contributed by atoms with Crippen LogP contribution in [0.1, 0.15) is 48.2 Å². The van der Waals surface area contributed by atoms with Crippen LogP contribution in [-0.4, -0.2) is 41.8 Å². The van der Waals surface area contributed by atoms with Crippen molar-refractivity contribution < 1.29 is 22.8 Å². The number of rotatable bonds is 6. The van der Waals surface area contributed by atoms with Gasteiger partial charge in [0.15, 0.2) is 0 Å². The average Bonchev–Trinajstić information content (AvgIpc) is 2.88. The van der Waals surface area contributed by atoms with Crippen molar-refractivity contribution in [1.82, 2.24) is 15.2 Å². The van der Waals surface area contributed by atoms with Crippen molar-refractivity contribution in [3.63, 3.8) is 0 Å². The van der Waals surface area contributed by atoms with Crippen molar-refractivity contribution in [2.24, 2.45) is 5.92 Å². The molecule has 0 atom stereocenters. The molecule has 2 N–H and O–H groups in total. The topological polar surface area (TPSA) is 74.3 Å². The minimum Gasteiger partial charge on any atom is -0.346 e. The Morgan fingerprint density at radius 3 is 2.18 bits per heavy atom. The Bertz CT molecular complexity index is 1330. The fourth-order valence-corrected chi connectivity index (χ4v) is 5.16. The number of piperidine rings is 1. The number of carbonyl (C=O) groups is 2. The highest BCUT2D eigenvalue weighted by Crippen LogP contribution is 2.42. The van der Waals surface area contributed by atoms with E-state index in [9.17, 15) is 22.8 Å². The molecule has 2 fully saturated rings. The summed E-state index contributed by atoms with van der Waals surface area (Å²) in [5.41, 5.74) is -0.345. The molecule has 1 saturated carbocycles. The number of carbonyl (C=O) groups excluding carboxylic acids is 2. The van der Waals surface area contributed by atoms with E-state index in [1.807, 2.05) is 12.1 Å². The number of pyridine rings is 1. The lowest BCUT2D eigenvalue weighted by atomic mass is 9.71. The van der Waals surface area contributed by atoms with Crippen LogP contribution in [-0.2, 0) is 10.3 Å². The first-order chi connectivity index (χ1) is 18.3. The second-order valence-corrected chi connectivity index (χ2v) is 10.2. The summed E-state index contributed by atoms with van der Waals surface area (Å²) in [7, 11) is 2.07. The van der Waals surface area contributed by atoms with E-state index in [1.54, 1.807) is 12.1 Å². The lowest BCUT2D eigenvalue weighted by Crippen LogP contribution is -2.53. The smallest absolute Gasteiger partial charge is 0.274 e. The molecular weight excluding hydrogens is 493 g/mol. The number of amides is 2. The Kier molecular flexibility index (Phi) is 7.21. The second kappa shape index (κ2) is 10.6. The van der Waals surface area contributed by atoms with Crippen molar-refractivity contribution in [3.8, 4) is 11.3 Å². The van der Waals surface area contributed by atoms with Crippen molar-refractivity contribution in [2.75, 3.05) is 25.5 Å². The molecule has 1 saturated heterocycles. The Labute approximate surface area is 219 Å². The standard InChI is InChI=1S/C29H29F3N4O2/c1-36-16-12-18(13-17-36)27(37)35-29(14-3-15-29)19-6-8-20(9-7-19)33-28(38)24-11-10-23(32)26(34-24)25-21(30)4-2-5-22(25)31/h2,4-11,18H,3,12-17H2,1H3,(H,33,38)(H,35,37). The number of hydrogen-bond acceptors (Lipinski definition) is 4. The highest BCUT2D eigenvalue weighted by atomic mass is 19.1. The van der Waals surface area contributed by atoms with Crippen LogP contribution >= 0.6 is 0 Å². The fourth-order valence-electron chi connectivity index (χ4n) is 5.16. The molecule has 6 nitrogen and oxygen atoms in total. The Morgan fingerprint density at radius 2 is 1.58 bits per heavy atom. The summed E-state index contributed by atoms with van der Waals surface area (Å²) in [6.45, 7) is 1.83. The van der Waals surface area contributed by atoms with Crippen LogP contribution in [0.15, 0.2) is 54.6 Å². The van der Waals surface area contributed by atoms with Gasteiger partial charge >= 0.3 is 0 Å². The maximum atomic E-state index is 14.4. The van der Waals surface area contributed by atoms with Crippen LogP contribution in [0, 0.1) is 23.4 Å². The molecule has 0 spiro atoms. The fraction of sp³-hybridized carbons (Fsp3) is 0.345. The Balaban J connectivity index is 1.29. The zero-order chi connectivity index (χ0) is 26.9. The van der Waals surface area contributed by atoms with Crippen LogP contribution in [0.25, 0.3) is 11.3 Å². The maximum absolute atomic E-state index is 14.4. The SMILES string of the molecule is CN1CCC(C(=O)NC2(c3ccc(NC(=O)c4ccc(F)c(-c5c(F)cccc5F)n4)cc3)CCC2)CC1. The van der Waals surface area contributed by atoms with E-state index >= 15 is 0 Å². The van der Waals surface area contributed by atoms with Gasteiger partial charge in [0, 0.05) is 11.6 Å². The zero-order valence-corrected chi connectivity index (χ0v) is 21.1. The third kappa shape index (κ3) is 5.15. The number of benzene rings is 2. The number of halogens is 3. The highest BCUT2D eigenvalue weighted by Gasteiger charge is 2.41. The Hall–Kier alpha value is -3.72. The summed E-state index contributed by atoms with van der Waals surface area (Å²) >= 11 is 0. The zero-order valence-electron chi connectivity index (χ0n) is 21.1. The van der Waals surface area contributed by atoms with Crippen molar-refractivity contribution in [2.45, 2.75) is 37.6 Å². The van der Waals surface area contributed by atoms with Gasteiger partial charge < -0.3 is 15.5 Å². The van der Waals surface area contributed by atoms with Gasteiger partial charge in [-0.1, -0.05) is 18.2 Å². The van der Waals surface area contributed by atoms with Crippen LogP contribution in [0.5, 0.6) is 0 Å². The van der Waals surface area contributed by atoms with Gasteiger partial charge in [-0.05, 0) is 94.2 Å². The minimum absolute atomic E-state index is 0.0215. The van der Waals surface area contributed by atoms with Gasteiger partial charge in [-0.25, -0.2) is 18.2 Å². The molecular formula is C29H29F3N4O2. The predicted octanol–water partition coefficient (Wildman–Crippen LogP) is 5.26. The average molecular weight is 523 g/mol. The molecule has 9 heteroatoms. The monoisotopic (exact) mass is 522 g/mol. The lowest BCUT2D eigenvalue weighted by Gasteiger charge is -2.44. The molecule has 1 aromatic heterocycles. The molecule has 1 aliphatic carbocycles. The highest BCUT2D eigenvalue weighted by molar-refractivity contribution is 6.03. The molecule has 5 rings (SSSR count). The minimum atomic E-state index is -0.975. The van der Waals surface area contributed by atoms with Crippen LogP contribution in [0.3, 0.4) is 0 Å². The molecule has 3 aromatic rings. The molecule has 2 heterocycles. The van der Waals surface area contributed by atoms with Gasteiger partial charge in [0.2, 0.25) is 5.91 Å². The molecule has 0 unspecified atom stereocenters. The van der Waals surface area contributed by atoms with Gasteiger partial charge in [-0.3, -0.25) is 9.59 Å². The van der Waals surface area contributed by atoms with Gasteiger partial charge in [0.05, 0.1) is 11.1 Å². The van der Waals surface area contributed by atoms with Crippen LogP contribution in [0.4, 0.5) is 18.9 Å². The number of aromatic nitrogens is 1. The van der Waals surface area contributed by atoms with Crippen molar-refractivity contribution >= 4 is 17.5 Å². The quantitative estimate of drug-likeness (QED) is 0.464. The number of nitrogens with zero attached hydrogens (tertiary/aromatic N) is 2. The molecule has 0 bridgehead atoms. The predicted molar refractivity (Wildman–Crippen MR) is 138 cm³/mol. The summed E-state index contributed by atoms with van der Waals surface area (Å²) in [6, 6.07) is 12.5. The Morgan fingerprint density at radius 1 is 0.921 bits per heavy atom. The normalized spacial score (nSPS) is 17.5. The summed E-state index contributed by atoms with van der Waals surface area (Å²) in [5, 5.41) is 5.99. The van der Waals surface area contributed by atoms with E-state index < -0.39 is 40.2 Å². The second-order valence-electron chi connectivity index (χ2n) is 10.2. The summed E-state index contributed by atoms with van der Waals surface area (Å²) in [6.07, 6.45) is 4.43. The lowest BCUT2D eigenvalue weighted by molar-refractivity contribution is -0.129. The first-order valence-electron chi connectivity index (χ1n) is 12.8. The number of nitrogens with one attached hydrogen (secondary N) is 2. The van der Waals surface area contributed by atoms with Crippen LogP contribution in [0.2, 0.25) is 0 Å². The summed E-state index contributed by atoms with van der Waals surface area (Å²) < 4.78 is 42.7. The summed E-state index contributed by atoms with van der Waals surface area (Å²) in [4.78, 5) is 31.9. The van der Waals surface area contributed by atoms with Gasteiger partial charge in [-0.15, -0.1) is 0 Å². The van der Waals surface area contributed by atoms with Crippen molar-refractivity contribution in [3.05, 3.63) is 83.3 Å². The van der Waals surface area contributed by atoms with E-state index in [-0.39, 0.29) is 17.5 Å². The molecule has 1 aliphatic heterocycles. The first-order valence-corrected chi connectivity index (χ1v) is 12.8. The summed E-state index contributed by atoms with van der Waals surface area (Å²) in [5.74, 6) is -3.42.